The van der Waals surface area contributed by atoms with Gasteiger partial charge in [-0.1, -0.05) is 13.3 Å². The molecule has 2 heterocycles. The molecule has 0 saturated heterocycles. The van der Waals surface area contributed by atoms with Crippen LogP contribution in [0.4, 0.5) is 0 Å². The molecule has 0 aliphatic heterocycles. The molecule has 4 heteroatoms. The molecule has 0 bridgehead atoms. The van der Waals surface area contributed by atoms with E-state index in [1.54, 1.807) is 10.4 Å². The minimum absolute atomic E-state index is 0.396. The third-order valence-corrected chi connectivity index (χ3v) is 5.72. The Morgan fingerprint density at radius 2 is 2.19 bits per heavy atom. The van der Waals surface area contributed by atoms with E-state index in [1.807, 2.05) is 23.7 Å². The molecule has 1 N–H and O–H groups in total. The van der Waals surface area contributed by atoms with Crippen LogP contribution in [-0.2, 0) is 26.3 Å². The zero-order chi connectivity index (χ0) is 14.7. The summed E-state index contributed by atoms with van der Waals surface area (Å²) in [5, 5.41) is 3.65. The summed E-state index contributed by atoms with van der Waals surface area (Å²) in [6, 6.07) is 2.86. The summed E-state index contributed by atoms with van der Waals surface area (Å²) in [6.45, 7) is 3.18. The van der Waals surface area contributed by atoms with Crippen LogP contribution in [0.15, 0.2) is 18.5 Å². The SMILES string of the molecule is CCNC(Cc1nccn1C)c1cc2c(s1)CCCCC2. The number of nitrogens with one attached hydrogen (secondary N) is 1. The number of fused-ring (bicyclic) bond motifs is 1. The maximum absolute atomic E-state index is 4.49. The summed E-state index contributed by atoms with van der Waals surface area (Å²) in [5.74, 6) is 1.16. The summed E-state index contributed by atoms with van der Waals surface area (Å²) >= 11 is 2.02. The van der Waals surface area contributed by atoms with Crippen molar-refractivity contribution in [1.29, 1.82) is 0 Å². The molecule has 2 aromatic rings. The van der Waals surface area contributed by atoms with Gasteiger partial charge in [-0.3, -0.25) is 0 Å². The van der Waals surface area contributed by atoms with Gasteiger partial charge in [-0.25, -0.2) is 4.98 Å². The second kappa shape index (κ2) is 6.75. The first-order valence-electron chi connectivity index (χ1n) is 8.09. The summed E-state index contributed by atoms with van der Waals surface area (Å²) < 4.78 is 2.13. The maximum Gasteiger partial charge on any atom is 0.110 e. The van der Waals surface area contributed by atoms with Gasteiger partial charge in [0.25, 0.3) is 0 Å². The van der Waals surface area contributed by atoms with Crippen molar-refractivity contribution < 1.29 is 0 Å². The lowest BCUT2D eigenvalue weighted by Crippen LogP contribution is -2.23. The molecule has 0 amide bonds. The molecule has 0 fully saturated rings. The van der Waals surface area contributed by atoms with Crippen molar-refractivity contribution in [2.45, 2.75) is 51.5 Å². The van der Waals surface area contributed by atoms with Gasteiger partial charge in [0.15, 0.2) is 0 Å². The van der Waals surface area contributed by atoms with E-state index in [-0.39, 0.29) is 0 Å². The molecule has 1 aliphatic rings. The van der Waals surface area contributed by atoms with Gasteiger partial charge in [0.05, 0.1) is 0 Å². The Bertz CT molecular complexity index is 561. The van der Waals surface area contributed by atoms with Gasteiger partial charge in [-0.05, 0) is 43.9 Å². The van der Waals surface area contributed by atoms with Crippen molar-refractivity contribution in [3.8, 4) is 0 Å². The fourth-order valence-electron chi connectivity index (χ4n) is 3.16. The number of nitrogens with zero attached hydrogens (tertiary/aromatic N) is 2. The average molecular weight is 303 g/mol. The Balaban J connectivity index is 1.82. The number of likely N-dealkylation sites (N-methyl/N-ethyl adjacent to an activating group) is 1. The molecule has 0 radical (unpaired) electrons. The molecule has 1 aliphatic carbocycles. The minimum Gasteiger partial charge on any atom is -0.338 e. The Labute approximate surface area is 131 Å². The number of hydrogen-bond acceptors (Lipinski definition) is 3. The molecule has 0 spiro atoms. The predicted molar refractivity (Wildman–Crippen MR) is 88.9 cm³/mol. The standard InChI is InChI=1S/C17H25N3S/c1-3-18-14(12-17-19-9-10-20(17)2)16-11-13-7-5-4-6-8-15(13)21-16/h9-11,14,18H,3-8,12H2,1-2H3. The summed E-state index contributed by atoms with van der Waals surface area (Å²) in [7, 11) is 2.08. The quantitative estimate of drug-likeness (QED) is 0.855. The average Bonchev–Trinajstić information content (AvgIpc) is 2.99. The van der Waals surface area contributed by atoms with Crippen molar-refractivity contribution in [2.24, 2.45) is 7.05 Å². The van der Waals surface area contributed by atoms with Gasteiger partial charge in [-0.2, -0.15) is 0 Å². The van der Waals surface area contributed by atoms with Crippen LogP contribution in [0.3, 0.4) is 0 Å². The molecule has 114 valence electrons. The number of imidazole rings is 1. The molecule has 3 nitrogen and oxygen atoms in total. The highest BCUT2D eigenvalue weighted by Crippen LogP contribution is 2.33. The van der Waals surface area contributed by atoms with Gasteiger partial charge >= 0.3 is 0 Å². The largest absolute Gasteiger partial charge is 0.338 e. The highest BCUT2D eigenvalue weighted by molar-refractivity contribution is 7.12. The fraction of sp³-hybridized carbons (Fsp3) is 0.588. The van der Waals surface area contributed by atoms with Crippen molar-refractivity contribution in [3.05, 3.63) is 39.6 Å². The van der Waals surface area contributed by atoms with Crippen molar-refractivity contribution >= 4 is 11.3 Å². The van der Waals surface area contributed by atoms with Crippen molar-refractivity contribution in [3.63, 3.8) is 0 Å². The Hall–Kier alpha value is -1.13. The maximum atomic E-state index is 4.49. The van der Waals surface area contributed by atoms with Gasteiger partial charge in [-0.15, -0.1) is 11.3 Å². The van der Waals surface area contributed by atoms with Crippen molar-refractivity contribution in [2.75, 3.05) is 6.54 Å². The van der Waals surface area contributed by atoms with Gasteiger partial charge in [0.1, 0.15) is 5.82 Å². The molecule has 21 heavy (non-hydrogen) atoms. The lowest BCUT2D eigenvalue weighted by atomic mass is 10.1. The van der Waals surface area contributed by atoms with E-state index < -0.39 is 0 Å². The Morgan fingerprint density at radius 1 is 1.33 bits per heavy atom. The molecule has 1 atom stereocenters. The van der Waals surface area contributed by atoms with Crippen LogP contribution >= 0.6 is 11.3 Å². The number of thiophene rings is 1. The fourth-order valence-corrected chi connectivity index (χ4v) is 4.49. The van der Waals surface area contributed by atoms with Crippen LogP contribution in [0.25, 0.3) is 0 Å². The van der Waals surface area contributed by atoms with E-state index in [1.165, 1.54) is 37.0 Å². The number of aromatic nitrogens is 2. The third kappa shape index (κ3) is 3.38. The van der Waals surface area contributed by atoms with Crippen LogP contribution in [0.1, 0.15) is 53.4 Å². The summed E-state index contributed by atoms with van der Waals surface area (Å²) in [5.41, 5.74) is 1.61. The molecule has 0 aromatic carbocycles. The molecule has 2 aromatic heterocycles. The second-order valence-electron chi connectivity index (χ2n) is 5.93. The highest BCUT2D eigenvalue weighted by atomic mass is 32.1. The summed E-state index contributed by atoms with van der Waals surface area (Å²) in [6.07, 6.45) is 11.5. The first-order valence-corrected chi connectivity index (χ1v) is 8.90. The molecule has 3 rings (SSSR count). The van der Waals surface area contributed by atoms with E-state index in [2.05, 4.69) is 34.9 Å². The van der Waals surface area contributed by atoms with E-state index in [9.17, 15) is 0 Å². The van der Waals surface area contributed by atoms with E-state index in [0.29, 0.717) is 6.04 Å². The lowest BCUT2D eigenvalue weighted by molar-refractivity contribution is 0.536. The van der Waals surface area contributed by atoms with Crippen LogP contribution < -0.4 is 5.32 Å². The first-order chi connectivity index (χ1) is 10.3. The van der Waals surface area contributed by atoms with E-state index >= 15 is 0 Å². The van der Waals surface area contributed by atoms with Gasteiger partial charge < -0.3 is 9.88 Å². The van der Waals surface area contributed by atoms with Crippen LogP contribution in [0, 0.1) is 0 Å². The molecule has 0 saturated carbocycles. The zero-order valence-corrected chi connectivity index (χ0v) is 13.9. The smallest absolute Gasteiger partial charge is 0.110 e. The molecular formula is C17H25N3S. The number of rotatable bonds is 5. The van der Waals surface area contributed by atoms with Gasteiger partial charge in [0.2, 0.25) is 0 Å². The molecular weight excluding hydrogens is 278 g/mol. The molecule has 1 unspecified atom stereocenters. The Kier molecular flexibility index (Phi) is 4.76. The van der Waals surface area contributed by atoms with Crippen LogP contribution in [0.2, 0.25) is 0 Å². The zero-order valence-electron chi connectivity index (χ0n) is 13.1. The van der Waals surface area contributed by atoms with Crippen LogP contribution in [0.5, 0.6) is 0 Å². The van der Waals surface area contributed by atoms with E-state index in [0.717, 1.165) is 18.8 Å². The minimum atomic E-state index is 0.396. The van der Waals surface area contributed by atoms with E-state index in [4.69, 9.17) is 0 Å². The second-order valence-corrected chi connectivity index (χ2v) is 7.09. The number of aryl methyl sites for hydroxylation is 3. The lowest BCUT2D eigenvalue weighted by Gasteiger charge is -2.16. The summed E-state index contributed by atoms with van der Waals surface area (Å²) in [4.78, 5) is 7.61. The highest BCUT2D eigenvalue weighted by Gasteiger charge is 2.19. The topological polar surface area (TPSA) is 29.9 Å². The third-order valence-electron chi connectivity index (χ3n) is 4.37. The first kappa shape index (κ1) is 14.8. The van der Waals surface area contributed by atoms with Crippen LogP contribution in [-0.4, -0.2) is 16.1 Å². The van der Waals surface area contributed by atoms with Crippen molar-refractivity contribution in [1.82, 2.24) is 14.9 Å². The predicted octanol–water partition coefficient (Wildman–Crippen LogP) is 3.64. The normalized spacial score (nSPS) is 16.5. The van der Waals surface area contributed by atoms with Gasteiger partial charge in [0, 0.05) is 41.7 Å². The monoisotopic (exact) mass is 303 g/mol. The number of hydrogen-bond donors (Lipinski definition) is 1. The Morgan fingerprint density at radius 3 is 2.95 bits per heavy atom.